The molecule has 2 heteroatoms. The molecule has 0 aliphatic heterocycles. The fourth-order valence-electron chi connectivity index (χ4n) is 2.03. The van der Waals surface area contributed by atoms with Crippen molar-refractivity contribution in [2.45, 2.75) is 41.5 Å². The van der Waals surface area contributed by atoms with Gasteiger partial charge in [0.25, 0.3) is 0 Å². The van der Waals surface area contributed by atoms with E-state index in [1.54, 1.807) is 26.0 Å². The highest BCUT2D eigenvalue weighted by Gasteiger charge is 1.94. The molecular formula is C24H28F2. The van der Waals surface area contributed by atoms with Crippen LogP contribution >= 0.6 is 0 Å². The summed E-state index contributed by atoms with van der Waals surface area (Å²) in [5.41, 5.74) is 6.02. The van der Waals surface area contributed by atoms with Crippen LogP contribution in [0, 0.1) is 53.2 Å². The zero-order chi connectivity index (χ0) is 19.7. The van der Waals surface area contributed by atoms with Crippen molar-refractivity contribution in [2.75, 3.05) is 0 Å². The van der Waals surface area contributed by atoms with Gasteiger partial charge in [-0.2, -0.15) is 0 Å². The zero-order valence-corrected chi connectivity index (χ0v) is 16.5. The summed E-state index contributed by atoms with van der Waals surface area (Å²) in [7, 11) is 0. The SMILES string of the molecule is Cc1ccc(C)c(F)c1.Cc1ccc(C)c(F)c1.Cc1ccc(C)cc1. The van der Waals surface area contributed by atoms with Crippen molar-refractivity contribution in [3.63, 3.8) is 0 Å². The van der Waals surface area contributed by atoms with Gasteiger partial charge >= 0.3 is 0 Å². The summed E-state index contributed by atoms with van der Waals surface area (Å²) in [5.74, 6) is -0.231. The Morgan fingerprint density at radius 2 is 0.692 bits per heavy atom. The van der Waals surface area contributed by atoms with Gasteiger partial charge < -0.3 is 0 Å². The third-order valence-corrected chi connectivity index (χ3v) is 3.87. The lowest BCUT2D eigenvalue weighted by atomic mass is 10.2. The molecule has 3 aromatic carbocycles. The van der Waals surface area contributed by atoms with Gasteiger partial charge in [0, 0.05) is 0 Å². The first kappa shape index (κ1) is 21.6. The highest BCUT2D eigenvalue weighted by Crippen LogP contribution is 2.07. The van der Waals surface area contributed by atoms with Crippen molar-refractivity contribution in [3.8, 4) is 0 Å². The molecule has 0 N–H and O–H groups in total. The van der Waals surface area contributed by atoms with Crippen LogP contribution in [0.15, 0.2) is 60.7 Å². The molecule has 0 spiro atoms. The van der Waals surface area contributed by atoms with E-state index < -0.39 is 0 Å². The molecule has 0 fully saturated rings. The van der Waals surface area contributed by atoms with Crippen molar-refractivity contribution in [1.29, 1.82) is 0 Å². The van der Waals surface area contributed by atoms with Crippen LogP contribution in [-0.4, -0.2) is 0 Å². The second-order valence-corrected chi connectivity index (χ2v) is 6.66. The van der Waals surface area contributed by atoms with Crippen molar-refractivity contribution < 1.29 is 8.78 Å². The number of hydrogen-bond acceptors (Lipinski definition) is 0. The van der Waals surface area contributed by atoms with E-state index in [9.17, 15) is 8.78 Å². The van der Waals surface area contributed by atoms with Crippen LogP contribution in [0.1, 0.15) is 33.4 Å². The van der Waals surface area contributed by atoms with Crippen LogP contribution in [0.5, 0.6) is 0 Å². The Bertz CT molecular complexity index is 748. The molecule has 0 bridgehead atoms. The van der Waals surface area contributed by atoms with E-state index in [1.165, 1.54) is 23.3 Å². The average molecular weight is 354 g/mol. The van der Waals surface area contributed by atoms with Gasteiger partial charge in [-0.05, 0) is 75.9 Å². The van der Waals surface area contributed by atoms with Gasteiger partial charge in [-0.25, -0.2) is 8.78 Å². The van der Waals surface area contributed by atoms with Gasteiger partial charge in [0.1, 0.15) is 11.6 Å². The number of benzene rings is 3. The predicted octanol–water partition coefficient (Wildman–Crippen LogP) is 7.19. The fraction of sp³-hybridized carbons (Fsp3) is 0.250. The van der Waals surface area contributed by atoms with Crippen LogP contribution in [0.2, 0.25) is 0 Å². The fourth-order valence-corrected chi connectivity index (χ4v) is 2.03. The summed E-state index contributed by atoms with van der Waals surface area (Å²) in [6.45, 7) is 11.5. The normalized spacial score (nSPS) is 9.54. The van der Waals surface area contributed by atoms with Gasteiger partial charge in [-0.1, -0.05) is 59.7 Å². The number of aryl methyl sites for hydroxylation is 6. The first-order valence-corrected chi connectivity index (χ1v) is 8.68. The lowest BCUT2D eigenvalue weighted by molar-refractivity contribution is 0.617. The Balaban J connectivity index is 0.000000195. The molecule has 0 heterocycles. The van der Waals surface area contributed by atoms with E-state index in [-0.39, 0.29) is 11.6 Å². The Morgan fingerprint density at radius 3 is 0.923 bits per heavy atom. The number of halogens is 2. The third kappa shape index (κ3) is 8.06. The highest BCUT2D eigenvalue weighted by atomic mass is 19.1. The molecule has 26 heavy (non-hydrogen) atoms. The van der Waals surface area contributed by atoms with E-state index in [0.29, 0.717) is 11.1 Å². The monoisotopic (exact) mass is 354 g/mol. The Labute approximate surface area is 156 Å². The third-order valence-electron chi connectivity index (χ3n) is 3.87. The molecule has 0 atom stereocenters. The molecule has 138 valence electrons. The maximum Gasteiger partial charge on any atom is 0.126 e. The maximum absolute atomic E-state index is 12.6. The van der Waals surface area contributed by atoms with E-state index in [2.05, 4.69) is 38.1 Å². The Morgan fingerprint density at radius 1 is 0.423 bits per heavy atom. The smallest absolute Gasteiger partial charge is 0.126 e. The van der Waals surface area contributed by atoms with E-state index in [0.717, 1.165) is 11.1 Å². The summed E-state index contributed by atoms with van der Waals surface area (Å²) in [6, 6.07) is 18.9. The lowest BCUT2D eigenvalue weighted by Crippen LogP contribution is -1.81. The van der Waals surface area contributed by atoms with Crippen molar-refractivity contribution >= 4 is 0 Å². The molecule has 0 saturated heterocycles. The van der Waals surface area contributed by atoms with E-state index in [4.69, 9.17) is 0 Å². The van der Waals surface area contributed by atoms with Crippen LogP contribution in [0.25, 0.3) is 0 Å². The first-order valence-electron chi connectivity index (χ1n) is 8.68. The van der Waals surface area contributed by atoms with Crippen LogP contribution in [-0.2, 0) is 0 Å². The molecule has 3 rings (SSSR count). The molecule has 0 aliphatic rings. The zero-order valence-electron chi connectivity index (χ0n) is 16.5. The molecule has 0 nitrogen and oxygen atoms in total. The summed E-state index contributed by atoms with van der Waals surface area (Å²) < 4.78 is 25.2. The minimum absolute atomic E-state index is 0.116. The van der Waals surface area contributed by atoms with Gasteiger partial charge in [-0.3, -0.25) is 0 Å². The molecule has 0 aromatic heterocycles. The van der Waals surface area contributed by atoms with Crippen molar-refractivity contribution in [1.82, 2.24) is 0 Å². The first-order chi connectivity index (χ1) is 12.2. The average Bonchev–Trinajstić information content (AvgIpc) is 2.59. The molecular weight excluding hydrogens is 326 g/mol. The Hall–Kier alpha value is -2.48. The van der Waals surface area contributed by atoms with Crippen LogP contribution in [0.4, 0.5) is 8.78 Å². The molecule has 0 saturated carbocycles. The summed E-state index contributed by atoms with van der Waals surface area (Å²) in [4.78, 5) is 0. The molecule has 0 radical (unpaired) electrons. The largest absolute Gasteiger partial charge is 0.207 e. The number of rotatable bonds is 0. The Kier molecular flexibility index (Phi) is 8.71. The minimum atomic E-state index is -0.116. The molecule has 0 aliphatic carbocycles. The number of hydrogen-bond donors (Lipinski definition) is 0. The van der Waals surface area contributed by atoms with Gasteiger partial charge in [0.05, 0.1) is 0 Å². The minimum Gasteiger partial charge on any atom is -0.207 e. The van der Waals surface area contributed by atoms with Crippen LogP contribution in [0.3, 0.4) is 0 Å². The van der Waals surface area contributed by atoms with Crippen LogP contribution < -0.4 is 0 Å². The van der Waals surface area contributed by atoms with E-state index in [1.807, 2.05) is 26.0 Å². The maximum atomic E-state index is 12.6. The summed E-state index contributed by atoms with van der Waals surface area (Å²) in [5, 5.41) is 0. The van der Waals surface area contributed by atoms with E-state index >= 15 is 0 Å². The lowest BCUT2D eigenvalue weighted by Gasteiger charge is -1.94. The summed E-state index contributed by atoms with van der Waals surface area (Å²) >= 11 is 0. The van der Waals surface area contributed by atoms with Gasteiger partial charge in [0.2, 0.25) is 0 Å². The van der Waals surface area contributed by atoms with Crippen molar-refractivity contribution in [2.24, 2.45) is 0 Å². The second kappa shape index (κ2) is 10.5. The summed E-state index contributed by atoms with van der Waals surface area (Å²) in [6.07, 6.45) is 0. The second-order valence-electron chi connectivity index (χ2n) is 6.66. The van der Waals surface area contributed by atoms with Gasteiger partial charge in [0.15, 0.2) is 0 Å². The molecule has 0 amide bonds. The topological polar surface area (TPSA) is 0 Å². The molecule has 3 aromatic rings. The predicted molar refractivity (Wildman–Crippen MR) is 108 cm³/mol. The standard InChI is InChI=1S/2C8H9F.C8H10/c2*1-6-3-4-7(2)8(9)5-6;1-7-3-5-8(2)6-4-7/h2*3-5H,1-2H3;3-6H,1-2H3. The van der Waals surface area contributed by atoms with Crippen molar-refractivity contribution in [3.05, 3.63) is 106 Å². The van der Waals surface area contributed by atoms with Gasteiger partial charge in [-0.15, -0.1) is 0 Å². The highest BCUT2D eigenvalue weighted by molar-refractivity contribution is 5.22. The molecule has 0 unspecified atom stereocenters. The quantitative estimate of drug-likeness (QED) is 0.401.